The van der Waals surface area contributed by atoms with Crippen molar-refractivity contribution >= 4 is 28.5 Å². The van der Waals surface area contributed by atoms with Crippen LogP contribution in [0.15, 0.2) is 59.7 Å². The van der Waals surface area contributed by atoms with Crippen molar-refractivity contribution in [1.82, 2.24) is 4.98 Å². The van der Waals surface area contributed by atoms with Gasteiger partial charge in [0.15, 0.2) is 0 Å². The fourth-order valence-electron chi connectivity index (χ4n) is 2.09. The zero-order valence-electron chi connectivity index (χ0n) is 11.2. The third kappa shape index (κ3) is 2.38. The largest absolute Gasteiger partial charge is 0.397 e. The molecule has 0 aliphatic rings. The van der Waals surface area contributed by atoms with Crippen LogP contribution in [-0.4, -0.2) is 11.2 Å². The monoisotopic (exact) mass is 261 g/mol. The van der Waals surface area contributed by atoms with E-state index in [4.69, 9.17) is 5.73 Å². The summed E-state index contributed by atoms with van der Waals surface area (Å²) >= 11 is 0. The second-order valence-corrected chi connectivity index (χ2v) is 4.74. The van der Waals surface area contributed by atoms with E-state index in [0.717, 1.165) is 22.2 Å². The molecule has 3 rings (SSSR count). The Bertz CT molecular complexity index is 774. The summed E-state index contributed by atoms with van der Waals surface area (Å²) in [7, 11) is 0. The number of aryl methyl sites for hydroxylation is 1. The van der Waals surface area contributed by atoms with Gasteiger partial charge in [-0.15, -0.1) is 0 Å². The highest BCUT2D eigenvalue weighted by Crippen LogP contribution is 2.21. The summed E-state index contributed by atoms with van der Waals surface area (Å²) in [5.74, 6) is 0. The van der Waals surface area contributed by atoms with E-state index in [2.05, 4.69) is 16.9 Å². The number of benzene rings is 2. The molecule has 98 valence electrons. The Kier molecular flexibility index (Phi) is 3.17. The predicted octanol–water partition coefficient (Wildman–Crippen LogP) is 3.88. The average Bonchev–Trinajstić information content (AvgIpc) is 2.48. The van der Waals surface area contributed by atoms with Crippen molar-refractivity contribution in [3.8, 4) is 0 Å². The number of rotatable bonds is 2. The average molecular weight is 261 g/mol. The van der Waals surface area contributed by atoms with Crippen LogP contribution in [-0.2, 0) is 0 Å². The summed E-state index contributed by atoms with van der Waals surface area (Å²) in [5, 5.41) is 1.02. The summed E-state index contributed by atoms with van der Waals surface area (Å²) in [6, 6.07) is 16.0. The number of aromatic nitrogens is 1. The van der Waals surface area contributed by atoms with Gasteiger partial charge in [0, 0.05) is 17.2 Å². The van der Waals surface area contributed by atoms with E-state index in [9.17, 15) is 0 Å². The van der Waals surface area contributed by atoms with Crippen LogP contribution < -0.4 is 5.73 Å². The minimum atomic E-state index is 0.638. The summed E-state index contributed by atoms with van der Waals surface area (Å²) in [5.41, 5.74) is 10.6. The van der Waals surface area contributed by atoms with Crippen LogP contribution in [0.1, 0.15) is 11.1 Å². The highest BCUT2D eigenvalue weighted by molar-refractivity contribution is 6.03. The molecule has 20 heavy (non-hydrogen) atoms. The lowest BCUT2D eigenvalue weighted by Gasteiger charge is -2.04. The van der Waals surface area contributed by atoms with E-state index in [1.165, 1.54) is 5.56 Å². The van der Waals surface area contributed by atoms with Crippen LogP contribution >= 0.6 is 0 Å². The van der Waals surface area contributed by atoms with Crippen LogP contribution in [0.3, 0.4) is 0 Å². The smallest absolute Gasteiger partial charge is 0.0710 e. The van der Waals surface area contributed by atoms with Crippen LogP contribution in [0.2, 0.25) is 0 Å². The minimum absolute atomic E-state index is 0.638. The van der Waals surface area contributed by atoms with Crippen LogP contribution in [0, 0.1) is 6.92 Å². The molecular weight excluding hydrogens is 246 g/mol. The van der Waals surface area contributed by atoms with E-state index >= 15 is 0 Å². The number of nitrogen functional groups attached to an aromatic ring is 1. The molecule has 0 unspecified atom stereocenters. The second-order valence-electron chi connectivity index (χ2n) is 4.74. The molecule has 1 heterocycles. The lowest BCUT2D eigenvalue weighted by Crippen LogP contribution is -1.96. The van der Waals surface area contributed by atoms with Gasteiger partial charge >= 0.3 is 0 Å². The molecule has 0 spiro atoms. The van der Waals surface area contributed by atoms with E-state index < -0.39 is 0 Å². The highest BCUT2D eigenvalue weighted by Gasteiger charge is 2.03. The quantitative estimate of drug-likeness (QED) is 0.712. The van der Waals surface area contributed by atoms with E-state index in [1.807, 2.05) is 54.7 Å². The van der Waals surface area contributed by atoms with Crippen molar-refractivity contribution in [2.24, 2.45) is 4.99 Å². The van der Waals surface area contributed by atoms with Crippen molar-refractivity contribution in [1.29, 1.82) is 0 Å². The first-order chi connectivity index (χ1) is 9.74. The van der Waals surface area contributed by atoms with Gasteiger partial charge in [-0.3, -0.25) is 9.98 Å². The maximum Gasteiger partial charge on any atom is 0.0710 e. The molecule has 0 amide bonds. The van der Waals surface area contributed by atoms with Gasteiger partial charge < -0.3 is 5.73 Å². The molecule has 3 aromatic rings. The van der Waals surface area contributed by atoms with Gasteiger partial charge in [-0.2, -0.15) is 0 Å². The fourth-order valence-corrected chi connectivity index (χ4v) is 2.09. The molecule has 0 bridgehead atoms. The first-order valence-electron chi connectivity index (χ1n) is 6.48. The number of hydrogen-bond donors (Lipinski definition) is 1. The van der Waals surface area contributed by atoms with Crippen molar-refractivity contribution in [2.75, 3.05) is 5.73 Å². The van der Waals surface area contributed by atoms with Crippen LogP contribution in [0.4, 0.5) is 11.4 Å². The molecule has 2 aromatic carbocycles. The number of fused-ring (bicyclic) bond motifs is 1. The van der Waals surface area contributed by atoms with Crippen molar-refractivity contribution in [3.63, 3.8) is 0 Å². The maximum absolute atomic E-state index is 6.02. The molecule has 0 aliphatic carbocycles. The van der Waals surface area contributed by atoms with Gasteiger partial charge in [0.1, 0.15) is 0 Å². The summed E-state index contributed by atoms with van der Waals surface area (Å²) in [6.45, 7) is 2.06. The second kappa shape index (κ2) is 5.13. The number of anilines is 1. The molecule has 0 aliphatic heterocycles. The molecule has 0 radical (unpaired) electrons. The Balaban J connectivity index is 2.06. The molecule has 0 saturated carbocycles. The number of hydrogen-bond acceptors (Lipinski definition) is 3. The Labute approximate surface area is 117 Å². The molecule has 3 heteroatoms. The third-order valence-corrected chi connectivity index (χ3v) is 3.22. The molecule has 3 nitrogen and oxygen atoms in total. The molecular formula is C17H15N3. The molecule has 0 atom stereocenters. The lowest BCUT2D eigenvalue weighted by atomic mass is 10.1. The van der Waals surface area contributed by atoms with Crippen LogP contribution in [0.25, 0.3) is 10.9 Å². The van der Waals surface area contributed by atoms with Gasteiger partial charge in [0.05, 0.1) is 23.1 Å². The zero-order chi connectivity index (χ0) is 13.9. The summed E-state index contributed by atoms with van der Waals surface area (Å²) < 4.78 is 0. The maximum atomic E-state index is 6.02. The van der Waals surface area contributed by atoms with Gasteiger partial charge in [-0.1, -0.05) is 35.9 Å². The normalized spacial score (nSPS) is 11.2. The topological polar surface area (TPSA) is 51.3 Å². The highest BCUT2D eigenvalue weighted by atomic mass is 14.7. The number of para-hydroxylation sites is 1. The van der Waals surface area contributed by atoms with E-state index in [0.29, 0.717) is 5.69 Å². The Morgan fingerprint density at radius 1 is 1.05 bits per heavy atom. The Morgan fingerprint density at radius 3 is 2.60 bits per heavy atom. The first kappa shape index (κ1) is 12.4. The number of pyridine rings is 1. The number of nitrogens with zero attached hydrogens (tertiary/aromatic N) is 2. The SMILES string of the molecule is Cc1ccc(N=Cc2c(N)cnc3ccccc23)cc1. The lowest BCUT2D eigenvalue weighted by molar-refractivity contribution is 1.40. The molecule has 0 fully saturated rings. The standard InChI is InChI=1S/C17H15N3/c1-12-6-8-13(9-7-12)19-10-15-14-4-2-3-5-17(14)20-11-16(15)18/h2-11H,18H2,1H3. The van der Waals surface area contributed by atoms with Gasteiger partial charge in [0.25, 0.3) is 0 Å². The van der Waals surface area contributed by atoms with Gasteiger partial charge in [-0.25, -0.2) is 0 Å². The number of aliphatic imine (C=N–C) groups is 1. The van der Waals surface area contributed by atoms with Crippen molar-refractivity contribution < 1.29 is 0 Å². The molecule has 1 aromatic heterocycles. The van der Waals surface area contributed by atoms with Crippen molar-refractivity contribution in [2.45, 2.75) is 6.92 Å². The fraction of sp³-hybridized carbons (Fsp3) is 0.0588. The molecule has 0 saturated heterocycles. The Hall–Kier alpha value is -2.68. The summed E-state index contributed by atoms with van der Waals surface area (Å²) in [6.07, 6.45) is 3.49. The first-order valence-corrected chi connectivity index (χ1v) is 6.48. The summed E-state index contributed by atoms with van der Waals surface area (Å²) in [4.78, 5) is 8.82. The molecule has 2 N–H and O–H groups in total. The minimum Gasteiger partial charge on any atom is -0.397 e. The van der Waals surface area contributed by atoms with Gasteiger partial charge in [-0.05, 0) is 25.1 Å². The van der Waals surface area contributed by atoms with E-state index in [-0.39, 0.29) is 0 Å². The predicted molar refractivity (Wildman–Crippen MR) is 84.6 cm³/mol. The zero-order valence-corrected chi connectivity index (χ0v) is 11.2. The van der Waals surface area contributed by atoms with E-state index in [1.54, 1.807) is 6.20 Å². The number of nitrogens with two attached hydrogens (primary N) is 1. The van der Waals surface area contributed by atoms with Gasteiger partial charge in [0.2, 0.25) is 0 Å². The Morgan fingerprint density at radius 2 is 1.80 bits per heavy atom. The third-order valence-electron chi connectivity index (χ3n) is 3.22. The van der Waals surface area contributed by atoms with Crippen molar-refractivity contribution in [3.05, 3.63) is 65.9 Å². The van der Waals surface area contributed by atoms with Crippen LogP contribution in [0.5, 0.6) is 0 Å².